The van der Waals surface area contributed by atoms with E-state index in [0.717, 1.165) is 23.5 Å². The summed E-state index contributed by atoms with van der Waals surface area (Å²) in [5.41, 5.74) is 0. The Balaban J connectivity index is 0. The van der Waals surface area contributed by atoms with E-state index in [1.807, 2.05) is 0 Å². The Morgan fingerprint density at radius 1 is 1.00 bits per heavy atom. The fourth-order valence-electron chi connectivity index (χ4n) is 0.250. The summed E-state index contributed by atoms with van der Waals surface area (Å²) < 4.78 is -0.671. The third-order valence-electron chi connectivity index (χ3n) is 0.523. The average Bonchev–Trinajstić information content (AvgIpc) is 1.79. The zero-order valence-electron chi connectivity index (χ0n) is 5.24. The van der Waals surface area contributed by atoms with Crippen LogP contribution in [-0.4, -0.2) is 20.4 Å². The van der Waals surface area contributed by atoms with Crippen LogP contribution in [0.4, 0.5) is 9.59 Å². The van der Waals surface area contributed by atoms with Gasteiger partial charge in [-0.15, -0.1) is 23.5 Å². The van der Waals surface area contributed by atoms with E-state index in [1.54, 1.807) is 0 Å². The fourth-order valence-corrected chi connectivity index (χ4v) is 1.75. The molecule has 7 heteroatoms. The van der Waals surface area contributed by atoms with Crippen molar-refractivity contribution in [3.63, 3.8) is 0 Å². The zero-order valence-corrected chi connectivity index (χ0v) is 9.69. The van der Waals surface area contributed by atoms with E-state index in [1.165, 1.54) is 0 Å². The second-order valence-corrected chi connectivity index (χ2v) is 4.59. The predicted octanol–water partition coefficient (Wildman–Crippen LogP) is 1.78. The molecule has 0 heterocycles. The minimum absolute atomic E-state index is 0. The summed E-state index contributed by atoms with van der Waals surface area (Å²) in [7, 11) is 0. The van der Waals surface area contributed by atoms with Crippen LogP contribution in [0.1, 0.15) is 0 Å². The zero-order chi connectivity index (χ0) is 7.98. The van der Waals surface area contributed by atoms with Gasteiger partial charge in [0.25, 0.3) is 0 Å². The van der Waals surface area contributed by atoms with E-state index in [2.05, 4.69) is 25.3 Å². The van der Waals surface area contributed by atoms with Crippen molar-refractivity contribution < 1.29 is 26.7 Å². The first kappa shape index (κ1) is 14.5. The number of rotatable bonds is 3. The maximum absolute atomic E-state index is 10.1. The Morgan fingerprint density at radius 2 is 1.27 bits per heavy atom. The van der Waals surface area contributed by atoms with Crippen LogP contribution in [0.3, 0.4) is 0 Å². The summed E-state index contributed by atoms with van der Waals surface area (Å²) >= 11 is 10.6. The van der Waals surface area contributed by atoms with Crippen LogP contribution in [0.15, 0.2) is 0 Å². The maximum Gasteiger partial charge on any atom is 2.00 e. The molecule has 0 aliphatic carbocycles. The summed E-state index contributed by atoms with van der Waals surface area (Å²) in [5, 5.41) is 0. The van der Waals surface area contributed by atoms with Crippen LogP contribution in [0, 0.1) is 0 Å². The summed E-state index contributed by atoms with van der Waals surface area (Å²) in [6.07, 6.45) is 0. The molecule has 0 aromatic carbocycles. The number of carbonyl (C=O) groups excluding carboxylic acids is 2. The Kier molecular flexibility index (Phi) is 12.0. The van der Waals surface area contributed by atoms with Crippen LogP contribution in [-0.2, 0) is 42.3 Å². The molecule has 0 unspecified atom stereocenters. The van der Waals surface area contributed by atoms with Crippen molar-refractivity contribution in [2.24, 2.45) is 0 Å². The topological polar surface area (TPSA) is 34.1 Å². The molecule has 0 N–H and O–H groups in total. The number of thioether (sulfide) groups is 2. The van der Waals surface area contributed by atoms with E-state index in [-0.39, 0.29) is 26.0 Å². The Hall–Kier alpha value is 0.999. The first-order chi connectivity index (χ1) is 4.63. The molecule has 0 aromatic heterocycles. The standard InChI is InChI=1S/C4H6O2S4.Mn/c5-3(7)9-1-2-10-4(6)8;/h1-2H2,(H,5,7)(H,6,8);/q;+2/p-2. The van der Waals surface area contributed by atoms with Gasteiger partial charge < -0.3 is 34.8 Å². The van der Waals surface area contributed by atoms with Crippen molar-refractivity contribution in [3.05, 3.63) is 0 Å². The van der Waals surface area contributed by atoms with Crippen LogP contribution < -0.4 is 0 Å². The van der Waals surface area contributed by atoms with E-state index < -0.39 is 0 Å². The van der Waals surface area contributed by atoms with Gasteiger partial charge >= 0.3 is 17.1 Å². The molecule has 2 nitrogen and oxygen atoms in total. The molecule has 0 rings (SSSR count). The second-order valence-electron chi connectivity index (χ2n) is 1.20. The van der Waals surface area contributed by atoms with Gasteiger partial charge in [-0.05, 0) is 0 Å². The maximum atomic E-state index is 10.1. The monoisotopic (exact) mass is 267 g/mol. The molecule has 1 radical (unpaired) electrons. The summed E-state index contributed by atoms with van der Waals surface area (Å²) in [4.78, 5) is 20.3. The molecule has 63 valence electrons. The second kappa shape index (κ2) is 9.09. The first-order valence-electron chi connectivity index (χ1n) is 2.30. The van der Waals surface area contributed by atoms with Gasteiger partial charge in [-0.1, -0.05) is 0 Å². The SMILES string of the molecule is O=C([S-])SCCSC(=O)[S-].[Mn+2]. The normalized spacial score (nSPS) is 8.36. The van der Waals surface area contributed by atoms with Gasteiger partial charge in [0.05, 0.1) is 8.89 Å². The molecule has 11 heavy (non-hydrogen) atoms. The Morgan fingerprint density at radius 3 is 1.45 bits per heavy atom. The van der Waals surface area contributed by atoms with Crippen LogP contribution in [0.25, 0.3) is 0 Å². The Bertz CT molecular complexity index is 124. The van der Waals surface area contributed by atoms with Gasteiger partial charge in [0, 0.05) is 11.5 Å². The quantitative estimate of drug-likeness (QED) is 0.440. The molecule has 0 saturated carbocycles. The van der Waals surface area contributed by atoms with Crippen molar-refractivity contribution in [2.75, 3.05) is 11.5 Å². The largest absolute Gasteiger partial charge is 2.00 e. The summed E-state index contributed by atoms with van der Waals surface area (Å²) in [5.74, 6) is 1.13. The molecule has 0 aliphatic rings. The van der Waals surface area contributed by atoms with Gasteiger partial charge in [0.15, 0.2) is 0 Å². The van der Waals surface area contributed by atoms with Crippen molar-refractivity contribution in [3.8, 4) is 0 Å². The molecule has 0 atom stereocenters. The average molecular weight is 267 g/mol. The predicted molar refractivity (Wildman–Crippen MR) is 50.4 cm³/mol. The first-order valence-corrected chi connectivity index (χ1v) is 5.09. The molecule has 0 amide bonds. The van der Waals surface area contributed by atoms with E-state index >= 15 is 0 Å². The smallest absolute Gasteiger partial charge is 0.730 e. The molecule has 0 spiro atoms. The molecular weight excluding hydrogens is 263 g/mol. The van der Waals surface area contributed by atoms with Crippen LogP contribution >= 0.6 is 23.5 Å². The third kappa shape index (κ3) is 13.9. The molecule has 0 saturated heterocycles. The number of hydrogen-bond donors (Lipinski definition) is 0. The van der Waals surface area contributed by atoms with Gasteiger partial charge in [-0.25, -0.2) is 0 Å². The van der Waals surface area contributed by atoms with E-state index in [4.69, 9.17) is 0 Å². The fraction of sp³-hybridized carbons (Fsp3) is 0.500. The molecule has 0 fully saturated rings. The van der Waals surface area contributed by atoms with Crippen molar-refractivity contribution >= 4 is 57.7 Å². The van der Waals surface area contributed by atoms with Crippen LogP contribution in [0.2, 0.25) is 0 Å². The summed E-state index contributed by atoms with van der Waals surface area (Å²) in [6.45, 7) is 0. The van der Waals surface area contributed by atoms with E-state index in [0.29, 0.717) is 11.5 Å². The van der Waals surface area contributed by atoms with Gasteiger partial charge in [-0.2, -0.15) is 0 Å². The molecule has 0 aromatic rings. The number of hydrogen-bond acceptors (Lipinski definition) is 6. The van der Waals surface area contributed by atoms with Crippen molar-refractivity contribution in [2.45, 2.75) is 0 Å². The van der Waals surface area contributed by atoms with Gasteiger partial charge in [-0.3, -0.25) is 0 Å². The Labute approximate surface area is 95.3 Å². The van der Waals surface area contributed by atoms with Gasteiger partial charge in [0.1, 0.15) is 0 Å². The minimum atomic E-state index is -0.336. The molecule has 0 aliphatic heterocycles. The summed E-state index contributed by atoms with van der Waals surface area (Å²) in [6, 6.07) is 0. The molecule has 0 bridgehead atoms. The van der Waals surface area contributed by atoms with Crippen molar-refractivity contribution in [1.82, 2.24) is 0 Å². The van der Waals surface area contributed by atoms with E-state index in [9.17, 15) is 9.59 Å². The van der Waals surface area contributed by atoms with Gasteiger partial charge in [0.2, 0.25) is 0 Å². The van der Waals surface area contributed by atoms with Crippen molar-refractivity contribution in [1.29, 1.82) is 0 Å². The number of carbonyl (C=O) groups is 2. The third-order valence-corrected chi connectivity index (χ3v) is 2.78. The molecular formula is C4H4MnO2S4. The van der Waals surface area contributed by atoms with Crippen LogP contribution in [0.5, 0.6) is 0 Å². The minimum Gasteiger partial charge on any atom is -0.730 e.